The van der Waals surface area contributed by atoms with Crippen molar-refractivity contribution in [3.63, 3.8) is 0 Å². The molecule has 0 aliphatic carbocycles. The zero-order valence-electron chi connectivity index (χ0n) is 10.6. The average Bonchev–Trinajstić information content (AvgIpc) is 1.96. The number of halogens is 1. The molecule has 0 N–H and O–H groups in total. The summed E-state index contributed by atoms with van der Waals surface area (Å²) in [6.45, 7) is 5.59. The van der Waals surface area contributed by atoms with Gasteiger partial charge in [-0.05, 0) is 0 Å². The van der Waals surface area contributed by atoms with Gasteiger partial charge < -0.3 is 0 Å². The Morgan fingerprint density at radius 3 is 1.67 bits per heavy atom. The van der Waals surface area contributed by atoms with Crippen molar-refractivity contribution in [2.24, 2.45) is 4.76 Å². The van der Waals surface area contributed by atoms with Crippen molar-refractivity contribution in [2.75, 3.05) is 28.2 Å². The number of hydrogen-bond donors (Lipinski definition) is 0. The molecule has 3 nitrogen and oxygen atoms in total. The van der Waals surface area contributed by atoms with E-state index >= 15 is 0 Å². The standard InChI is InChI=1S/C9H21FN3PSe/c1-9(2,3)14(10,15)11-8(12(4)5)13(6)7/h1-7H3. The van der Waals surface area contributed by atoms with Crippen molar-refractivity contribution in [1.82, 2.24) is 9.80 Å². The van der Waals surface area contributed by atoms with Crippen molar-refractivity contribution in [1.29, 1.82) is 0 Å². The van der Waals surface area contributed by atoms with Gasteiger partial charge in [-0.15, -0.1) is 0 Å². The fourth-order valence-corrected chi connectivity index (χ4v) is 2.19. The Labute approximate surface area is 100 Å². The summed E-state index contributed by atoms with van der Waals surface area (Å²) in [4.78, 5) is 3.63. The van der Waals surface area contributed by atoms with E-state index < -0.39 is 11.1 Å². The van der Waals surface area contributed by atoms with E-state index in [-0.39, 0.29) is 0 Å². The molecular weight excluding hydrogens is 279 g/mol. The van der Waals surface area contributed by atoms with Gasteiger partial charge in [0.15, 0.2) is 0 Å². The monoisotopic (exact) mass is 301 g/mol. The first-order valence-electron chi connectivity index (χ1n) is 4.73. The summed E-state index contributed by atoms with van der Waals surface area (Å²) in [5.74, 6) is -2.26. The van der Waals surface area contributed by atoms with Gasteiger partial charge in [0.2, 0.25) is 0 Å². The molecule has 0 bridgehead atoms. The van der Waals surface area contributed by atoms with Crippen LogP contribution in [-0.2, 0) is 0 Å². The third kappa shape index (κ3) is 4.26. The van der Waals surface area contributed by atoms with E-state index in [1.807, 2.05) is 58.8 Å². The van der Waals surface area contributed by atoms with Crippen LogP contribution < -0.4 is 0 Å². The number of nitrogens with zero attached hydrogens (tertiary/aromatic N) is 3. The third-order valence-electron chi connectivity index (χ3n) is 1.85. The molecule has 0 aromatic carbocycles. The molecule has 0 heterocycles. The van der Waals surface area contributed by atoms with Crippen molar-refractivity contribution >= 4 is 27.0 Å². The number of guanidine groups is 1. The molecule has 0 aromatic heterocycles. The molecule has 0 aromatic rings. The average molecular weight is 300 g/mol. The summed E-state index contributed by atoms with van der Waals surface area (Å²) in [6.07, 6.45) is 0. The molecule has 1 unspecified atom stereocenters. The number of hydrogen-bond acceptors (Lipinski definition) is 1. The summed E-state index contributed by atoms with van der Waals surface area (Å²) in [6, 6.07) is 0. The summed E-state index contributed by atoms with van der Waals surface area (Å²) < 4.78 is 18.6. The van der Waals surface area contributed by atoms with Crippen LogP contribution in [0.5, 0.6) is 0 Å². The first-order chi connectivity index (χ1) is 6.49. The Morgan fingerprint density at radius 2 is 1.47 bits per heavy atom. The summed E-state index contributed by atoms with van der Waals surface area (Å²) in [5.41, 5.74) is 0. The molecule has 0 aliphatic rings. The van der Waals surface area contributed by atoms with Crippen molar-refractivity contribution in [3.8, 4) is 0 Å². The van der Waals surface area contributed by atoms with Gasteiger partial charge in [0.25, 0.3) is 0 Å². The molecular formula is C9H21FN3PSe. The number of rotatable bonds is 1. The molecule has 15 heavy (non-hydrogen) atoms. The SMILES string of the molecule is CN(C)C(=NP(F)(=[Se])C(C)(C)C)N(C)C. The normalized spacial score (nSPS) is 15.5. The molecule has 0 rings (SSSR count). The van der Waals surface area contributed by atoms with Gasteiger partial charge in [-0.1, -0.05) is 0 Å². The Balaban J connectivity index is 5.25. The zero-order chi connectivity index (χ0) is 12.4. The van der Waals surface area contributed by atoms with Gasteiger partial charge in [0, 0.05) is 0 Å². The van der Waals surface area contributed by atoms with Crippen molar-refractivity contribution < 1.29 is 4.20 Å². The van der Waals surface area contributed by atoms with Gasteiger partial charge in [-0.3, -0.25) is 0 Å². The quantitative estimate of drug-likeness (QED) is 0.320. The van der Waals surface area contributed by atoms with Crippen LogP contribution in [0.1, 0.15) is 20.8 Å². The van der Waals surface area contributed by atoms with Crippen LogP contribution in [0.25, 0.3) is 0 Å². The molecule has 0 aliphatic heterocycles. The Bertz CT molecular complexity index is 284. The van der Waals surface area contributed by atoms with E-state index in [1.165, 1.54) is 0 Å². The summed E-state index contributed by atoms with van der Waals surface area (Å²) in [5, 5.41) is -0.454. The molecule has 1 atom stereocenters. The van der Waals surface area contributed by atoms with Gasteiger partial charge in [-0.2, -0.15) is 0 Å². The van der Waals surface area contributed by atoms with Crippen molar-refractivity contribution in [3.05, 3.63) is 0 Å². The molecule has 6 heteroatoms. The van der Waals surface area contributed by atoms with Crippen LogP contribution >= 0.6 is 5.97 Å². The molecule has 0 amide bonds. The van der Waals surface area contributed by atoms with E-state index in [2.05, 4.69) is 19.9 Å². The molecule has 0 saturated heterocycles. The van der Waals surface area contributed by atoms with Crippen LogP contribution in [-0.4, -0.2) is 64.2 Å². The summed E-state index contributed by atoms with van der Waals surface area (Å²) in [7, 11) is 7.45. The molecule has 0 fully saturated rings. The van der Waals surface area contributed by atoms with E-state index in [4.69, 9.17) is 0 Å². The predicted molar refractivity (Wildman–Crippen MR) is 68.3 cm³/mol. The van der Waals surface area contributed by atoms with Gasteiger partial charge in [0.1, 0.15) is 0 Å². The Hall–Kier alpha value is 0.149. The fourth-order valence-electron chi connectivity index (χ4n) is 0.844. The maximum absolute atomic E-state index is 14.4. The van der Waals surface area contributed by atoms with Crippen molar-refractivity contribution in [2.45, 2.75) is 25.9 Å². The zero-order valence-corrected chi connectivity index (χ0v) is 13.2. The second kappa shape index (κ2) is 4.99. The van der Waals surface area contributed by atoms with Crippen LogP contribution in [0, 0.1) is 0 Å². The van der Waals surface area contributed by atoms with E-state index in [1.54, 1.807) is 0 Å². The minimum atomic E-state index is -2.91. The van der Waals surface area contributed by atoms with Gasteiger partial charge >= 0.3 is 99.9 Å². The van der Waals surface area contributed by atoms with Gasteiger partial charge in [-0.25, -0.2) is 0 Å². The second-order valence-corrected chi connectivity index (χ2v) is 10.5. The van der Waals surface area contributed by atoms with Crippen LogP contribution in [0.2, 0.25) is 0 Å². The maximum atomic E-state index is 14.4. The Morgan fingerprint density at radius 1 is 1.13 bits per heavy atom. The molecule has 0 radical (unpaired) electrons. The topological polar surface area (TPSA) is 18.8 Å². The van der Waals surface area contributed by atoms with E-state index in [0.29, 0.717) is 5.96 Å². The minimum absolute atomic E-state index is 0.454. The molecule has 90 valence electrons. The van der Waals surface area contributed by atoms with E-state index in [0.717, 1.165) is 0 Å². The van der Waals surface area contributed by atoms with Crippen LogP contribution in [0.4, 0.5) is 4.20 Å². The van der Waals surface area contributed by atoms with Crippen LogP contribution in [0.15, 0.2) is 4.76 Å². The summed E-state index contributed by atoms with van der Waals surface area (Å²) >= 11 is 2.64. The third-order valence-corrected chi connectivity index (χ3v) is 7.90. The molecule has 0 saturated carbocycles. The second-order valence-electron chi connectivity index (χ2n) is 4.86. The van der Waals surface area contributed by atoms with Crippen LogP contribution in [0.3, 0.4) is 0 Å². The molecule has 0 spiro atoms. The van der Waals surface area contributed by atoms with E-state index in [9.17, 15) is 4.20 Å². The fraction of sp³-hybridized carbons (Fsp3) is 0.889. The first kappa shape index (κ1) is 15.1. The predicted octanol–water partition coefficient (Wildman–Crippen LogP) is 2.16. The van der Waals surface area contributed by atoms with Gasteiger partial charge in [0.05, 0.1) is 0 Å². The Kier molecular flexibility index (Phi) is 5.04. The first-order valence-corrected chi connectivity index (χ1v) is 8.58.